The number of anilines is 1. The van der Waals surface area contributed by atoms with Crippen LogP contribution in [0.2, 0.25) is 0 Å². The molecule has 0 spiro atoms. The molecule has 0 aromatic carbocycles. The van der Waals surface area contributed by atoms with E-state index in [0.717, 1.165) is 11.4 Å². The molecule has 1 aliphatic heterocycles. The standard InChI is InChI=1S/C11H17N3O2/c1-7(12)8-2-3-11(13-4-8)14-5-9(15)10(16)6-14/h2-4,7,9-10,15-16H,5-6,12H2,1H3/t7-,9?,10?/m0/s1. The molecule has 3 atom stereocenters. The second-order valence-electron chi connectivity index (χ2n) is 4.28. The zero-order valence-corrected chi connectivity index (χ0v) is 9.24. The Labute approximate surface area is 94.5 Å². The average molecular weight is 223 g/mol. The van der Waals surface area contributed by atoms with Gasteiger partial charge in [0.15, 0.2) is 0 Å². The second kappa shape index (κ2) is 4.37. The van der Waals surface area contributed by atoms with Crippen LogP contribution in [0.1, 0.15) is 18.5 Å². The summed E-state index contributed by atoms with van der Waals surface area (Å²) in [6.45, 7) is 2.75. The van der Waals surface area contributed by atoms with Gasteiger partial charge < -0.3 is 20.8 Å². The van der Waals surface area contributed by atoms with E-state index in [1.54, 1.807) is 6.20 Å². The summed E-state index contributed by atoms with van der Waals surface area (Å²) < 4.78 is 0. The van der Waals surface area contributed by atoms with E-state index in [1.165, 1.54) is 0 Å². The SMILES string of the molecule is C[C@H](N)c1ccc(N2CC(O)C(O)C2)nc1. The van der Waals surface area contributed by atoms with Gasteiger partial charge in [-0.2, -0.15) is 0 Å². The first-order valence-electron chi connectivity index (χ1n) is 5.40. The van der Waals surface area contributed by atoms with Gasteiger partial charge in [0.05, 0.1) is 12.2 Å². The van der Waals surface area contributed by atoms with Crippen LogP contribution in [0.3, 0.4) is 0 Å². The lowest BCUT2D eigenvalue weighted by Crippen LogP contribution is -2.22. The second-order valence-corrected chi connectivity index (χ2v) is 4.28. The molecule has 16 heavy (non-hydrogen) atoms. The van der Waals surface area contributed by atoms with Gasteiger partial charge in [0.25, 0.3) is 0 Å². The van der Waals surface area contributed by atoms with E-state index in [9.17, 15) is 10.2 Å². The van der Waals surface area contributed by atoms with Crippen LogP contribution < -0.4 is 10.6 Å². The highest BCUT2D eigenvalue weighted by Crippen LogP contribution is 2.19. The Kier molecular flexibility index (Phi) is 3.09. The third-order valence-corrected chi connectivity index (χ3v) is 2.88. The van der Waals surface area contributed by atoms with E-state index in [0.29, 0.717) is 13.1 Å². The van der Waals surface area contributed by atoms with Crippen molar-refractivity contribution in [1.82, 2.24) is 4.98 Å². The van der Waals surface area contributed by atoms with Crippen LogP contribution in [0.15, 0.2) is 18.3 Å². The predicted octanol–water partition coefficient (Wildman–Crippen LogP) is -0.357. The first-order chi connectivity index (χ1) is 7.58. The van der Waals surface area contributed by atoms with E-state index in [4.69, 9.17) is 5.73 Å². The molecular weight excluding hydrogens is 206 g/mol. The van der Waals surface area contributed by atoms with Crippen LogP contribution >= 0.6 is 0 Å². The highest BCUT2D eigenvalue weighted by molar-refractivity contribution is 5.41. The van der Waals surface area contributed by atoms with Crippen molar-refractivity contribution in [3.05, 3.63) is 23.9 Å². The Morgan fingerprint density at radius 3 is 2.44 bits per heavy atom. The van der Waals surface area contributed by atoms with Gasteiger partial charge in [-0.3, -0.25) is 0 Å². The predicted molar refractivity (Wildman–Crippen MR) is 61.1 cm³/mol. The van der Waals surface area contributed by atoms with Gasteiger partial charge in [-0.1, -0.05) is 6.07 Å². The molecular formula is C11H17N3O2. The highest BCUT2D eigenvalue weighted by atomic mass is 16.3. The van der Waals surface area contributed by atoms with Crippen molar-refractivity contribution in [3.63, 3.8) is 0 Å². The third kappa shape index (κ3) is 2.16. The van der Waals surface area contributed by atoms with Crippen LogP contribution in [0, 0.1) is 0 Å². The fourth-order valence-electron chi connectivity index (χ4n) is 1.81. The molecule has 0 bridgehead atoms. The van der Waals surface area contributed by atoms with E-state index in [2.05, 4.69) is 4.98 Å². The molecule has 0 aliphatic carbocycles. The van der Waals surface area contributed by atoms with Crippen LogP contribution in [-0.4, -0.2) is 40.5 Å². The van der Waals surface area contributed by atoms with Gasteiger partial charge in [0.1, 0.15) is 5.82 Å². The first-order valence-corrected chi connectivity index (χ1v) is 5.40. The molecule has 1 fully saturated rings. The number of nitrogens with two attached hydrogens (primary N) is 1. The van der Waals surface area contributed by atoms with Crippen LogP contribution in [0.5, 0.6) is 0 Å². The van der Waals surface area contributed by atoms with Crippen LogP contribution in [-0.2, 0) is 0 Å². The molecule has 2 rings (SSSR count). The van der Waals surface area contributed by atoms with Crippen molar-refractivity contribution in [2.45, 2.75) is 25.2 Å². The fraction of sp³-hybridized carbons (Fsp3) is 0.545. The summed E-state index contributed by atoms with van der Waals surface area (Å²) in [6, 6.07) is 3.75. The average Bonchev–Trinajstić information content (AvgIpc) is 2.59. The number of aliphatic hydroxyl groups is 2. The zero-order valence-electron chi connectivity index (χ0n) is 9.24. The normalized spacial score (nSPS) is 27.1. The van der Waals surface area contributed by atoms with E-state index < -0.39 is 12.2 Å². The lowest BCUT2D eigenvalue weighted by Gasteiger charge is -2.16. The summed E-state index contributed by atoms with van der Waals surface area (Å²) in [5.74, 6) is 0.764. The Balaban J connectivity index is 2.11. The summed E-state index contributed by atoms with van der Waals surface area (Å²) in [5, 5.41) is 18.9. The van der Waals surface area contributed by atoms with Crippen molar-refractivity contribution < 1.29 is 10.2 Å². The van der Waals surface area contributed by atoms with Crippen molar-refractivity contribution in [2.75, 3.05) is 18.0 Å². The third-order valence-electron chi connectivity index (χ3n) is 2.88. The minimum absolute atomic E-state index is 0.0312. The molecule has 0 radical (unpaired) electrons. The molecule has 1 aromatic heterocycles. The largest absolute Gasteiger partial charge is 0.389 e. The number of rotatable bonds is 2. The molecule has 2 unspecified atom stereocenters. The highest BCUT2D eigenvalue weighted by Gasteiger charge is 2.30. The van der Waals surface area contributed by atoms with Gasteiger partial charge >= 0.3 is 0 Å². The van der Waals surface area contributed by atoms with Crippen molar-refractivity contribution >= 4 is 5.82 Å². The Hall–Kier alpha value is -1.17. The molecule has 0 saturated carbocycles. The summed E-state index contributed by atoms with van der Waals surface area (Å²) in [4.78, 5) is 6.14. The van der Waals surface area contributed by atoms with Crippen molar-refractivity contribution in [1.29, 1.82) is 0 Å². The molecule has 1 aliphatic rings. The topological polar surface area (TPSA) is 82.6 Å². The Morgan fingerprint density at radius 1 is 1.38 bits per heavy atom. The number of pyridine rings is 1. The zero-order chi connectivity index (χ0) is 11.7. The van der Waals surface area contributed by atoms with Gasteiger partial charge in [-0.15, -0.1) is 0 Å². The summed E-state index contributed by atoms with van der Waals surface area (Å²) in [5.41, 5.74) is 6.70. The minimum Gasteiger partial charge on any atom is -0.389 e. The van der Waals surface area contributed by atoms with Gasteiger partial charge in [0, 0.05) is 25.3 Å². The lowest BCUT2D eigenvalue weighted by atomic mass is 10.1. The minimum atomic E-state index is -0.685. The number of β-amino-alcohol motifs (C(OH)–C–C–N with tert-alkyl or cyclic N) is 2. The smallest absolute Gasteiger partial charge is 0.128 e. The fourth-order valence-corrected chi connectivity index (χ4v) is 1.81. The molecule has 0 amide bonds. The molecule has 4 N–H and O–H groups in total. The maximum absolute atomic E-state index is 9.43. The monoisotopic (exact) mass is 223 g/mol. The Bertz CT molecular complexity index is 343. The van der Waals surface area contributed by atoms with Gasteiger partial charge in [-0.25, -0.2) is 4.98 Å². The summed E-state index contributed by atoms with van der Waals surface area (Å²) in [7, 11) is 0. The summed E-state index contributed by atoms with van der Waals surface area (Å²) in [6.07, 6.45) is 0.363. The molecule has 5 heteroatoms. The molecule has 1 saturated heterocycles. The maximum atomic E-state index is 9.43. The summed E-state index contributed by atoms with van der Waals surface area (Å²) >= 11 is 0. The molecule has 1 aromatic rings. The number of aromatic nitrogens is 1. The maximum Gasteiger partial charge on any atom is 0.128 e. The number of nitrogens with zero attached hydrogens (tertiary/aromatic N) is 2. The Morgan fingerprint density at radius 2 is 2.00 bits per heavy atom. The van der Waals surface area contributed by atoms with Gasteiger partial charge in [0.2, 0.25) is 0 Å². The number of hydrogen-bond acceptors (Lipinski definition) is 5. The quantitative estimate of drug-likeness (QED) is 0.638. The number of aliphatic hydroxyl groups excluding tert-OH is 2. The van der Waals surface area contributed by atoms with E-state index in [-0.39, 0.29) is 6.04 Å². The number of hydrogen-bond donors (Lipinski definition) is 3. The lowest BCUT2D eigenvalue weighted by molar-refractivity contribution is 0.0572. The van der Waals surface area contributed by atoms with Crippen molar-refractivity contribution in [3.8, 4) is 0 Å². The van der Waals surface area contributed by atoms with E-state index in [1.807, 2.05) is 24.0 Å². The molecule has 5 nitrogen and oxygen atoms in total. The van der Waals surface area contributed by atoms with Crippen LogP contribution in [0.4, 0.5) is 5.82 Å². The molecule has 2 heterocycles. The first kappa shape index (κ1) is 11.3. The van der Waals surface area contributed by atoms with Crippen molar-refractivity contribution in [2.24, 2.45) is 5.73 Å². The molecule has 88 valence electrons. The van der Waals surface area contributed by atoms with Gasteiger partial charge in [-0.05, 0) is 18.6 Å². The van der Waals surface area contributed by atoms with E-state index >= 15 is 0 Å². The van der Waals surface area contributed by atoms with Crippen LogP contribution in [0.25, 0.3) is 0 Å².